The predicted octanol–water partition coefficient (Wildman–Crippen LogP) is 2.32. The van der Waals surface area contributed by atoms with Crippen LogP contribution in [0.25, 0.3) is 5.69 Å². The summed E-state index contributed by atoms with van der Waals surface area (Å²) in [4.78, 5) is 0. The first-order valence-corrected chi connectivity index (χ1v) is 5.97. The third kappa shape index (κ3) is 1.50. The molecule has 0 radical (unpaired) electrons. The van der Waals surface area contributed by atoms with E-state index in [-0.39, 0.29) is 11.5 Å². The molecule has 1 aromatic carbocycles. The van der Waals surface area contributed by atoms with Crippen molar-refractivity contribution < 1.29 is 0 Å². The molecule has 1 aliphatic rings. The van der Waals surface area contributed by atoms with Gasteiger partial charge in [-0.1, -0.05) is 32.0 Å². The lowest BCUT2D eigenvalue weighted by Gasteiger charge is -2.10. The Balaban J connectivity index is 2.07. The Morgan fingerprint density at radius 3 is 2.53 bits per heavy atom. The summed E-state index contributed by atoms with van der Waals surface area (Å²) < 4.78 is 1.91. The van der Waals surface area contributed by atoms with Crippen LogP contribution in [0.5, 0.6) is 0 Å². The lowest BCUT2D eigenvalue weighted by molar-refractivity contribution is 0.598. The SMILES string of the molecule is CC1(C)C(N)C1c1ccccc1-n1cccn1. The second-order valence-corrected chi connectivity index (χ2v) is 5.33. The topological polar surface area (TPSA) is 43.8 Å². The molecular formula is C14H17N3. The quantitative estimate of drug-likeness (QED) is 0.855. The number of hydrogen-bond donors (Lipinski definition) is 1. The fourth-order valence-electron chi connectivity index (χ4n) is 2.64. The Hall–Kier alpha value is -1.61. The molecule has 1 aromatic heterocycles. The number of rotatable bonds is 2. The molecule has 2 atom stereocenters. The van der Waals surface area contributed by atoms with E-state index < -0.39 is 0 Å². The third-order valence-corrected chi connectivity index (χ3v) is 3.93. The molecular weight excluding hydrogens is 210 g/mol. The molecule has 0 bridgehead atoms. The van der Waals surface area contributed by atoms with Crippen LogP contribution in [0.1, 0.15) is 25.3 Å². The summed E-state index contributed by atoms with van der Waals surface area (Å²) in [6.07, 6.45) is 3.77. The predicted molar refractivity (Wildman–Crippen MR) is 68.1 cm³/mol. The highest BCUT2D eigenvalue weighted by Gasteiger charge is 2.56. The maximum Gasteiger partial charge on any atom is 0.0681 e. The minimum Gasteiger partial charge on any atom is -0.327 e. The molecule has 3 nitrogen and oxygen atoms in total. The van der Waals surface area contributed by atoms with Crippen molar-refractivity contribution >= 4 is 0 Å². The van der Waals surface area contributed by atoms with Crippen molar-refractivity contribution in [2.45, 2.75) is 25.8 Å². The van der Waals surface area contributed by atoms with Gasteiger partial charge < -0.3 is 5.73 Å². The molecule has 0 aliphatic heterocycles. The molecule has 2 N–H and O–H groups in total. The fourth-order valence-corrected chi connectivity index (χ4v) is 2.64. The summed E-state index contributed by atoms with van der Waals surface area (Å²) in [5, 5.41) is 4.31. The van der Waals surface area contributed by atoms with E-state index in [0.29, 0.717) is 5.92 Å². The van der Waals surface area contributed by atoms with Crippen LogP contribution in [-0.4, -0.2) is 15.8 Å². The zero-order valence-electron chi connectivity index (χ0n) is 10.2. The van der Waals surface area contributed by atoms with Crippen molar-refractivity contribution in [1.29, 1.82) is 0 Å². The molecule has 3 rings (SSSR count). The maximum absolute atomic E-state index is 6.17. The van der Waals surface area contributed by atoms with Crippen molar-refractivity contribution in [3.8, 4) is 5.69 Å². The Labute approximate surface area is 101 Å². The minimum absolute atomic E-state index is 0.198. The largest absolute Gasteiger partial charge is 0.327 e. The normalized spacial score (nSPS) is 25.8. The Bertz CT molecular complexity index is 528. The fraction of sp³-hybridized carbons (Fsp3) is 0.357. The smallest absolute Gasteiger partial charge is 0.0681 e. The monoisotopic (exact) mass is 227 g/mol. The summed E-state index contributed by atoms with van der Waals surface area (Å²) in [5.74, 6) is 0.433. The third-order valence-electron chi connectivity index (χ3n) is 3.93. The van der Waals surface area contributed by atoms with Crippen LogP contribution in [0.2, 0.25) is 0 Å². The van der Waals surface area contributed by atoms with Gasteiger partial charge in [-0.3, -0.25) is 0 Å². The van der Waals surface area contributed by atoms with E-state index in [2.05, 4.69) is 37.1 Å². The number of aromatic nitrogens is 2. The van der Waals surface area contributed by atoms with Gasteiger partial charge in [-0.05, 0) is 23.1 Å². The molecule has 2 unspecified atom stereocenters. The molecule has 88 valence electrons. The number of hydrogen-bond acceptors (Lipinski definition) is 2. The standard InChI is InChI=1S/C14H17N3/c1-14(2)12(13(14)15)10-6-3-4-7-11(10)17-9-5-8-16-17/h3-9,12-13H,15H2,1-2H3. The number of benzene rings is 1. The first-order valence-electron chi connectivity index (χ1n) is 5.97. The van der Waals surface area contributed by atoms with Crippen molar-refractivity contribution in [1.82, 2.24) is 9.78 Å². The van der Waals surface area contributed by atoms with Crippen LogP contribution in [0.4, 0.5) is 0 Å². The van der Waals surface area contributed by atoms with Crippen LogP contribution in [0, 0.1) is 5.41 Å². The van der Waals surface area contributed by atoms with Gasteiger partial charge in [-0.2, -0.15) is 5.10 Å². The minimum atomic E-state index is 0.198. The molecule has 0 amide bonds. The zero-order valence-corrected chi connectivity index (χ0v) is 10.2. The van der Waals surface area contributed by atoms with E-state index in [9.17, 15) is 0 Å². The van der Waals surface area contributed by atoms with E-state index in [1.807, 2.05) is 23.0 Å². The van der Waals surface area contributed by atoms with E-state index in [0.717, 1.165) is 5.69 Å². The highest BCUT2D eigenvalue weighted by atomic mass is 15.3. The van der Waals surface area contributed by atoms with Gasteiger partial charge in [-0.25, -0.2) is 4.68 Å². The van der Waals surface area contributed by atoms with Crippen LogP contribution < -0.4 is 5.73 Å². The van der Waals surface area contributed by atoms with Gasteiger partial charge in [-0.15, -0.1) is 0 Å². The molecule has 2 aromatic rings. The van der Waals surface area contributed by atoms with E-state index in [4.69, 9.17) is 5.73 Å². The van der Waals surface area contributed by atoms with E-state index in [1.54, 1.807) is 6.20 Å². The number of para-hydroxylation sites is 1. The van der Waals surface area contributed by atoms with Crippen LogP contribution in [-0.2, 0) is 0 Å². The maximum atomic E-state index is 6.17. The second kappa shape index (κ2) is 3.44. The highest BCUT2D eigenvalue weighted by Crippen LogP contribution is 2.58. The van der Waals surface area contributed by atoms with Crippen LogP contribution in [0.3, 0.4) is 0 Å². The molecule has 0 saturated heterocycles. The van der Waals surface area contributed by atoms with E-state index in [1.165, 1.54) is 5.56 Å². The molecule has 3 heteroatoms. The second-order valence-electron chi connectivity index (χ2n) is 5.33. The van der Waals surface area contributed by atoms with Gasteiger partial charge in [0.25, 0.3) is 0 Å². The van der Waals surface area contributed by atoms with Gasteiger partial charge in [0, 0.05) is 24.4 Å². The Morgan fingerprint density at radius 1 is 1.24 bits per heavy atom. The van der Waals surface area contributed by atoms with Crippen molar-refractivity contribution in [3.05, 3.63) is 48.3 Å². The lowest BCUT2D eigenvalue weighted by Crippen LogP contribution is -2.07. The van der Waals surface area contributed by atoms with Crippen molar-refractivity contribution in [2.75, 3.05) is 0 Å². The summed E-state index contributed by atoms with van der Waals surface area (Å²) in [5.41, 5.74) is 8.81. The molecule has 17 heavy (non-hydrogen) atoms. The summed E-state index contributed by atoms with van der Waals surface area (Å²) in [7, 11) is 0. The molecule has 1 aliphatic carbocycles. The lowest BCUT2D eigenvalue weighted by atomic mass is 10.0. The van der Waals surface area contributed by atoms with Crippen LogP contribution >= 0.6 is 0 Å². The zero-order chi connectivity index (χ0) is 12.0. The van der Waals surface area contributed by atoms with Gasteiger partial charge in [0.1, 0.15) is 0 Å². The van der Waals surface area contributed by atoms with E-state index >= 15 is 0 Å². The summed E-state index contributed by atoms with van der Waals surface area (Å²) in [6, 6.07) is 10.6. The molecule has 0 spiro atoms. The average molecular weight is 227 g/mol. The van der Waals surface area contributed by atoms with Gasteiger partial charge in [0.2, 0.25) is 0 Å². The molecule has 1 heterocycles. The Morgan fingerprint density at radius 2 is 1.94 bits per heavy atom. The summed E-state index contributed by atoms with van der Waals surface area (Å²) in [6.45, 7) is 4.45. The van der Waals surface area contributed by atoms with Gasteiger partial charge in [0.15, 0.2) is 0 Å². The first-order chi connectivity index (χ1) is 8.12. The Kier molecular flexibility index (Phi) is 2.13. The van der Waals surface area contributed by atoms with Crippen LogP contribution in [0.15, 0.2) is 42.7 Å². The summed E-state index contributed by atoms with van der Waals surface area (Å²) >= 11 is 0. The first kappa shape index (κ1) is 10.5. The van der Waals surface area contributed by atoms with Gasteiger partial charge in [0.05, 0.1) is 5.69 Å². The number of nitrogens with two attached hydrogens (primary N) is 1. The van der Waals surface area contributed by atoms with Crippen molar-refractivity contribution in [2.24, 2.45) is 11.1 Å². The molecule has 1 fully saturated rings. The highest BCUT2D eigenvalue weighted by molar-refractivity contribution is 5.48. The van der Waals surface area contributed by atoms with Gasteiger partial charge >= 0.3 is 0 Å². The van der Waals surface area contributed by atoms with Crippen molar-refractivity contribution in [3.63, 3.8) is 0 Å². The number of nitrogens with zero attached hydrogens (tertiary/aromatic N) is 2. The average Bonchev–Trinajstić information content (AvgIpc) is 2.76. The molecule has 1 saturated carbocycles.